The van der Waals surface area contributed by atoms with E-state index in [0.717, 1.165) is 5.57 Å². The van der Waals surface area contributed by atoms with Gasteiger partial charge in [-0.1, -0.05) is 32.6 Å². The van der Waals surface area contributed by atoms with Crippen LogP contribution in [0.4, 0.5) is 5.95 Å². The van der Waals surface area contributed by atoms with Crippen molar-refractivity contribution in [2.75, 3.05) is 19.0 Å². The summed E-state index contributed by atoms with van der Waals surface area (Å²) < 4.78 is 6.90. The number of aliphatic hydroxyl groups excluding tert-OH is 1. The number of hydrogen-bond acceptors (Lipinski definition) is 6. The minimum absolute atomic E-state index is 0.0580. The van der Waals surface area contributed by atoms with Crippen molar-refractivity contribution in [1.82, 2.24) is 19.5 Å². The highest BCUT2D eigenvalue weighted by atomic mass is 16.5. The van der Waals surface area contributed by atoms with E-state index in [2.05, 4.69) is 26.8 Å². The van der Waals surface area contributed by atoms with Crippen LogP contribution in [-0.2, 0) is 16.1 Å². The number of ether oxygens (including phenoxy) is 1. The maximum Gasteiger partial charge on any atom is 0.280 e. The number of carbonyl (C=O) groups excluding carboxylic acids is 1. The molecule has 0 fully saturated rings. The zero-order valence-electron chi connectivity index (χ0n) is 15.0. The summed E-state index contributed by atoms with van der Waals surface area (Å²) in [4.78, 5) is 34.9. The number of anilines is 1. The zero-order chi connectivity index (χ0) is 19.3. The second-order valence-corrected chi connectivity index (χ2v) is 5.99. The van der Waals surface area contributed by atoms with Crippen LogP contribution in [0.25, 0.3) is 11.2 Å². The first-order valence-corrected chi connectivity index (χ1v) is 8.12. The van der Waals surface area contributed by atoms with Gasteiger partial charge in [0, 0.05) is 19.6 Å². The standard InChI is InChI=1S/C17H23N5O4/c1-5-6-11(12(8-23)26-4)7-22-9-18-13-14(22)19-17(21-16(13)25)20-15(24)10(2)3/h5-6,9-10,12,23H,1,7-8H2,2-4H3,(H2,19,20,21,24,25)/b11-6+. The summed E-state index contributed by atoms with van der Waals surface area (Å²) in [6.45, 7) is 7.23. The normalized spacial score (nSPS) is 13.2. The van der Waals surface area contributed by atoms with E-state index in [0.29, 0.717) is 5.65 Å². The SMILES string of the molecule is C=C/C=C(\Cn1cnc2c(=O)[nH]c(NC(=O)C(C)C)nc21)C(CO)OC. The van der Waals surface area contributed by atoms with E-state index < -0.39 is 11.7 Å². The topological polar surface area (TPSA) is 122 Å². The lowest BCUT2D eigenvalue weighted by Gasteiger charge is -2.17. The number of aromatic amines is 1. The van der Waals surface area contributed by atoms with E-state index in [-0.39, 0.29) is 36.4 Å². The highest BCUT2D eigenvalue weighted by Gasteiger charge is 2.17. The zero-order valence-corrected chi connectivity index (χ0v) is 15.0. The highest BCUT2D eigenvalue weighted by Crippen LogP contribution is 2.14. The van der Waals surface area contributed by atoms with Gasteiger partial charge in [-0.2, -0.15) is 4.98 Å². The van der Waals surface area contributed by atoms with Gasteiger partial charge < -0.3 is 14.4 Å². The number of hydrogen-bond donors (Lipinski definition) is 3. The number of aromatic nitrogens is 4. The Balaban J connectivity index is 2.43. The quantitative estimate of drug-likeness (QED) is 0.599. The molecule has 0 radical (unpaired) electrons. The van der Waals surface area contributed by atoms with Crippen molar-refractivity contribution in [3.05, 3.63) is 41.0 Å². The number of fused-ring (bicyclic) bond motifs is 1. The van der Waals surface area contributed by atoms with Gasteiger partial charge in [0.2, 0.25) is 11.9 Å². The third-order valence-electron chi connectivity index (χ3n) is 3.79. The van der Waals surface area contributed by atoms with Crippen LogP contribution in [-0.4, -0.2) is 50.4 Å². The molecule has 0 aliphatic heterocycles. The maximum atomic E-state index is 12.2. The Kier molecular flexibility index (Phi) is 6.42. The number of nitrogens with one attached hydrogen (secondary N) is 2. The van der Waals surface area contributed by atoms with Crippen molar-refractivity contribution >= 4 is 23.0 Å². The summed E-state index contributed by atoms with van der Waals surface area (Å²) in [6.07, 6.45) is 4.27. The molecule has 26 heavy (non-hydrogen) atoms. The highest BCUT2D eigenvalue weighted by molar-refractivity contribution is 5.91. The largest absolute Gasteiger partial charge is 0.393 e. The average Bonchev–Trinajstić information content (AvgIpc) is 2.99. The van der Waals surface area contributed by atoms with E-state index in [1.54, 1.807) is 30.6 Å². The maximum absolute atomic E-state index is 12.2. The van der Waals surface area contributed by atoms with E-state index in [1.165, 1.54) is 13.4 Å². The lowest BCUT2D eigenvalue weighted by atomic mass is 10.1. The summed E-state index contributed by atoms with van der Waals surface area (Å²) in [6, 6.07) is 0. The predicted molar refractivity (Wildman–Crippen MR) is 97.8 cm³/mol. The number of allylic oxidation sites excluding steroid dienone is 2. The smallest absolute Gasteiger partial charge is 0.280 e. The molecule has 1 unspecified atom stereocenters. The van der Waals surface area contributed by atoms with Crippen LogP contribution in [0.2, 0.25) is 0 Å². The Morgan fingerprint density at radius 3 is 2.85 bits per heavy atom. The number of nitrogens with zero attached hydrogens (tertiary/aromatic N) is 3. The van der Waals surface area contributed by atoms with E-state index in [4.69, 9.17) is 4.74 Å². The van der Waals surface area contributed by atoms with Crippen molar-refractivity contribution in [2.45, 2.75) is 26.5 Å². The predicted octanol–water partition coefficient (Wildman–Crippen LogP) is 0.834. The van der Waals surface area contributed by atoms with Crippen LogP contribution in [0, 0.1) is 5.92 Å². The summed E-state index contributed by atoms with van der Waals surface area (Å²) in [5, 5.41) is 12.0. The molecule has 9 heteroatoms. The molecule has 2 aromatic rings. The first kappa shape index (κ1) is 19.5. The Morgan fingerprint density at radius 1 is 1.54 bits per heavy atom. The van der Waals surface area contributed by atoms with Crippen LogP contribution in [0.15, 0.2) is 35.4 Å². The molecular formula is C17H23N5O4. The molecule has 0 bridgehead atoms. The molecule has 140 valence electrons. The molecule has 2 aromatic heterocycles. The van der Waals surface area contributed by atoms with Crippen LogP contribution in [0.1, 0.15) is 13.8 Å². The van der Waals surface area contributed by atoms with Gasteiger partial charge in [-0.15, -0.1) is 0 Å². The van der Waals surface area contributed by atoms with Crippen molar-refractivity contribution in [3.63, 3.8) is 0 Å². The fourth-order valence-corrected chi connectivity index (χ4v) is 2.34. The van der Waals surface area contributed by atoms with Gasteiger partial charge in [0.05, 0.1) is 12.9 Å². The van der Waals surface area contributed by atoms with Crippen LogP contribution in [0.3, 0.4) is 0 Å². The molecule has 0 aliphatic rings. The van der Waals surface area contributed by atoms with Crippen molar-refractivity contribution in [2.24, 2.45) is 5.92 Å². The van der Waals surface area contributed by atoms with Gasteiger partial charge in [-0.05, 0) is 5.57 Å². The van der Waals surface area contributed by atoms with Gasteiger partial charge in [0.15, 0.2) is 11.2 Å². The summed E-state index contributed by atoms with van der Waals surface area (Å²) >= 11 is 0. The molecule has 0 saturated heterocycles. The number of imidazole rings is 1. The first-order valence-electron chi connectivity index (χ1n) is 8.12. The second kappa shape index (κ2) is 8.54. The average molecular weight is 361 g/mol. The number of H-pyrrole nitrogens is 1. The number of methoxy groups -OCH3 is 1. The summed E-state index contributed by atoms with van der Waals surface area (Å²) in [5.41, 5.74) is 0.755. The third kappa shape index (κ3) is 4.24. The Labute approximate surface area is 150 Å². The molecule has 0 aliphatic carbocycles. The van der Waals surface area contributed by atoms with E-state index >= 15 is 0 Å². The Bertz CT molecular complexity index is 877. The van der Waals surface area contributed by atoms with Crippen molar-refractivity contribution < 1.29 is 14.6 Å². The minimum atomic E-state index is -0.521. The molecule has 0 aromatic carbocycles. The second-order valence-electron chi connectivity index (χ2n) is 5.99. The van der Waals surface area contributed by atoms with Gasteiger partial charge >= 0.3 is 0 Å². The van der Waals surface area contributed by atoms with Crippen LogP contribution >= 0.6 is 0 Å². The fourth-order valence-electron chi connectivity index (χ4n) is 2.34. The van der Waals surface area contributed by atoms with E-state index in [9.17, 15) is 14.7 Å². The lowest BCUT2D eigenvalue weighted by molar-refractivity contribution is -0.118. The lowest BCUT2D eigenvalue weighted by Crippen LogP contribution is -2.23. The number of carbonyl (C=O) groups is 1. The summed E-state index contributed by atoms with van der Waals surface area (Å²) in [5.74, 6) is -0.455. The Morgan fingerprint density at radius 2 is 2.27 bits per heavy atom. The van der Waals surface area contributed by atoms with Gasteiger partial charge in [0.25, 0.3) is 5.56 Å². The van der Waals surface area contributed by atoms with Gasteiger partial charge in [-0.25, -0.2) is 4.98 Å². The van der Waals surface area contributed by atoms with E-state index in [1.807, 2.05) is 0 Å². The van der Waals surface area contributed by atoms with Gasteiger partial charge in [0.1, 0.15) is 6.10 Å². The third-order valence-corrected chi connectivity index (χ3v) is 3.79. The molecule has 9 nitrogen and oxygen atoms in total. The number of rotatable bonds is 8. The number of aliphatic hydroxyl groups is 1. The molecule has 0 spiro atoms. The molecule has 2 heterocycles. The first-order chi connectivity index (χ1) is 12.4. The summed E-state index contributed by atoms with van der Waals surface area (Å²) in [7, 11) is 1.49. The fraction of sp³-hybridized carbons (Fsp3) is 0.412. The number of amides is 1. The molecule has 2 rings (SSSR count). The molecule has 0 saturated carbocycles. The van der Waals surface area contributed by atoms with Crippen molar-refractivity contribution in [1.29, 1.82) is 0 Å². The molecule has 1 amide bonds. The van der Waals surface area contributed by atoms with Crippen LogP contribution < -0.4 is 10.9 Å². The molecule has 3 N–H and O–H groups in total. The minimum Gasteiger partial charge on any atom is -0.393 e. The molecular weight excluding hydrogens is 338 g/mol. The van der Waals surface area contributed by atoms with Crippen molar-refractivity contribution in [3.8, 4) is 0 Å². The monoisotopic (exact) mass is 361 g/mol. The Hall–Kier alpha value is -2.78. The van der Waals surface area contributed by atoms with Crippen LogP contribution in [0.5, 0.6) is 0 Å². The van der Waals surface area contributed by atoms with Gasteiger partial charge in [-0.3, -0.25) is 19.9 Å². The molecule has 1 atom stereocenters.